The van der Waals surface area contributed by atoms with E-state index in [4.69, 9.17) is 9.15 Å². The highest BCUT2D eigenvalue weighted by Gasteiger charge is 2.22. The van der Waals surface area contributed by atoms with Crippen molar-refractivity contribution < 1.29 is 9.15 Å². The number of aromatic nitrogens is 3. The molecule has 25 heavy (non-hydrogen) atoms. The minimum Gasteiger partial charge on any atom is -0.497 e. The Morgan fingerprint density at radius 1 is 1.20 bits per heavy atom. The van der Waals surface area contributed by atoms with Gasteiger partial charge >= 0.3 is 0 Å². The van der Waals surface area contributed by atoms with Crippen molar-refractivity contribution in [1.82, 2.24) is 20.1 Å². The quantitative estimate of drug-likeness (QED) is 0.772. The van der Waals surface area contributed by atoms with Crippen molar-refractivity contribution in [2.75, 3.05) is 20.2 Å². The lowest BCUT2D eigenvalue weighted by atomic mass is 9.94. The number of aromatic amines is 1. The first kappa shape index (κ1) is 15.9. The van der Waals surface area contributed by atoms with Crippen molar-refractivity contribution in [3.8, 4) is 17.1 Å². The maximum Gasteiger partial charge on any atom is 0.209 e. The van der Waals surface area contributed by atoms with Crippen LogP contribution in [0.25, 0.3) is 11.3 Å². The van der Waals surface area contributed by atoms with Gasteiger partial charge in [-0.25, -0.2) is 4.98 Å². The highest BCUT2D eigenvalue weighted by Crippen LogP contribution is 2.28. The maximum absolute atomic E-state index is 5.94. The summed E-state index contributed by atoms with van der Waals surface area (Å²) in [6, 6.07) is 9.91. The van der Waals surface area contributed by atoms with E-state index in [1.165, 1.54) is 5.69 Å². The van der Waals surface area contributed by atoms with Crippen LogP contribution in [-0.2, 0) is 6.54 Å². The fraction of sp³-hybridized carbons (Fsp3) is 0.368. The number of nitrogens with zero attached hydrogens (tertiary/aromatic N) is 3. The number of H-pyrrole nitrogens is 1. The SMILES string of the molecule is COc1ccc(-c2cnc(CN3CCC(c4ccn[nH]4)CC3)o2)cc1. The molecule has 6 nitrogen and oxygen atoms in total. The summed E-state index contributed by atoms with van der Waals surface area (Å²) < 4.78 is 11.1. The fourth-order valence-electron chi connectivity index (χ4n) is 3.36. The summed E-state index contributed by atoms with van der Waals surface area (Å²) in [7, 11) is 1.66. The molecule has 0 spiro atoms. The van der Waals surface area contributed by atoms with E-state index in [0.29, 0.717) is 5.92 Å². The molecule has 1 aliphatic rings. The summed E-state index contributed by atoms with van der Waals surface area (Å²) in [4.78, 5) is 6.84. The van der Waals surface area contributed by atoms with Crippen LogP contribution in [0.1, 0.15) is 30.3 Å². The zero-order valence-electron chi connectivity index (χ0n) is 14.3. The van der Waals surface area contributed by atoms with Crippen LogP contribution in [0.15, 0.2) is 47.1 Å². The Morgan fingerprint density at radius 2 is 2.00 bits per heavy atom. The van der Waals surface area contributed by atoms with Gasteiger partial charge in [0.2, 0.25) is 5.89 Å². The smallest absolute Gasteiger partial charge is 0.209 e. The van der Waals surface area contributed by atoms with E-state index in [-0.39, 0.29) is 0 Å². The Bertz CT molecular complexity index is 787. The molecule has 0 aliphatic carbocycles. The van der Waals surface area contributed by atoms with Gasteiger partial charge in [0, 0.05) is 23.4 Å². The lowest BCUT2D eigenvalue weighted by Gasteiger charge is -2.30. The monoisotopic (exact) mass is 338 g/mol. The van der Waals surface area contributed by atoms with Gasteiger partial charge in [0.15, 0.2) is 5.76 Å². The molecule has 2 aromatic heterocycles. The molecule has 1 aromatic carbocycles. The number of piperidine rings is 1. The molecule has 1 aliphatic heterocycles. The number of oxazole rings is 1. The standard InChI is InChI=1S/C19H22N4O2/c1-24-16-4-2-15(3-5-16)18-12-20-19(25-18)13-23-10-7-14(8-11-23)17-6-9-21-22-17/h2-6,9,12,14H,7-8,10-11,13H2,1H3,(H,21,22). The minimum absolute atomic E-state index is 0.582. The number of hydrogen-bond acceptors (Lipinski definition) is 5. The zero-order valence-corrected chi connectivity index (χ0v) is 14.3. The van der Waals surface area contributed by atoms with Gasteiger partial charge in [-0.15, -0.1) is 0 Å². The first-order valence-corrected chi connectivity index (χ1v) is 8.62. The molecule has 0 saturated carbocycles. The predicted molar refractivity (Wildman–Crippen MR) is 94.3 cm³/mol. The molecule has 0 radical (unpaired) electrons. The second kappa shape index (κ2) is 7.11. The van der Waals surface area contributed by atoms with Gasteiger partial charge in [0.05, 0.1) is 19.9 Å². The van der Waals surface area contributed by atoms with Crippen LogP contribution in [0.3, 0.4) is 0 Å². The molecule has 1 N–H and O–H groups in total. The van der Waals surface area contributed by atoms with Crippen LogP contribution in [0.4, 0.5) is 0 Å². The van der Waals surface area contributed by atoms with Gasteiger partial charge in [0.1, 0.15) is 5.75 Å². The Balaban J connectivity index is 1.35. The highest BCUT2D eigenvalue weighted by molar-refractivity contribution is 5.57. The molecule has 1 fully saturated rings. The predicted octanol–water partition coefficient (Wildman–Crippen LogP) is 3.45. The van der Waals surface area contributed by atoms with Gasteiger partial charge in [-0.1, -0.05) is 0 Å². The molecule has 130 valence electrons. The van der Waals surface area contributed by atoms with Crippen molar-refractivity contribution >= 4 is 0 Å². The molecule has 0 amide bonds. The Morgan fingerprint density at radius 3 is 2.68 bits per heavy atom. The number of hydrogen-bond donors (Lipinski definition) is 1. The van der Waals surface area contributed by atoms with Gasteiger partial charge < -0.3 is 9.15 Å². The van der Waals surface area contributed by atoms with E-state index >= 15 is 0 Å². The van der Waals surface area contributed by atoms with Crippen molar-refractivity contribution in [2.24, 2.45) is 0 Å². The van der Waals surface area contributed by atoms with Crippen LogP contribution in [0.5, 0.6) is 5.75 Å². The average Bonchev–Trinajstić information content (AvgIpc) is 3.35. The summed E-state index contributed by atoms with van der Waals surface area (Å²) in [5.41, 5.74) is 2.26. The van der Waals surface area contributed by atoms with Gasteiger partial charge in [-0.2, -0.15) is 5.10 Å². The van der Waals surface area contributed by atoms with Crippen molar-refractivity contribution in [1.29, 1.82) is 0 Å². The first-order chi connectivity index (χ1) is 12.3. The summed E-state index contributed by atoms with van der Waals surface area (Å²) in [5.74, 6) is 2.98. The summed E-state index contributed by atoms with van der Waals surface area (Å²) in [6.07, 6.45) is 5.89. The molecule has 0 unspecified atom stereocenters. The molecule has 6 heteroatoms. The van der Waals surface area contributed by atoms with Gasteiger partial charge in [-0.3, -0.25) is 10.00 Å². The number of benzene rings is 1. The zero-order chi connectivity index (χ0) is 17.1. The second-order valence-corrected chi connectivity index (χ2v) is 6.41. The highest BCUT2D eigenvalue weighted by atomic mass is 16.5. The summed E-state index contributed by atoms with van der Waals surface area (Å²) in [6.45, 7) is 2.85. The lowest BCUT2D eigenvalue weighted by molar-refractivity contribution is 0.187. The van der Waals surface area contributed by atoms with Crippen LogP contribution < -0.4 is 4.74 Å². The molecule has 3 aromatic rings. The molecule has 0 atom stereocenters. The Kier molecular flexibility index (Phi) is 4.52. The topological polar surface area (TPSA) is 67.2 Å². The van der Waals surface area contributed by atoms with Crippen LogP contribution >= 0.6 is 0 Å². The van der Waals surface area contributed by atoms with Crippen molar-refractivity contribution in [3.63, 3.8) is 0 Å². The first-order valence-electron chi connectivity index (χ1n) is 8.62. The number of methoxy groups -OCH3 is 1. The lowest BCUT2D eigenvalue weighted by Crippen LogP contribution is -2.32. The minimum atomic E-state index is 0.582. The molecule has 0 bridgehead atoms. The Labute approximate surface area is 146 Å². The molecular weight excluding hydrogens is 316 g/mol. The molecule has 4 rings (SSSR count). The average molecular weight is 338 g/mol. The number of nitrogens with one attached hydrogen (secondary N) is 1. The van der Waals surface area contributed by atoms with E-state index < -0.39 is 0 Å². The van der Waals surface area contributed by atoms with Gasteiger partial charge in [-0.05, 0) is 56.3 Å². The third-order valence-corrected chi connectivity index (χ3v) is 4.84. The van der Waals surface area contributed by atoms with Crippen LogP contribution in [0, 0.1) is 0 Å². The van der Waals surface area contributed by atoms with Crippen molar-refractivity contribution in [3.05, 3.63) is 54.3 Å². The van der Waals surface area contributed by atoms with E-state index in [9.17, 15) is 0 Å². The van der Waals surface area contributed by atoms with E-state index in [0.717, 1.165) is 55.4 Å². The van der Waals surface area contributed by atoms with E-state index in [1.54, 1.807) is 13.3 Å². The maximum atomic E-state index is 5.94. The summed E-state index contributed by atoms with van der Waals surface area (Å²) >= 11 is 0. The molecule has 3 heterocycles. The number of rotatable bonds is 5. The van der Waals surface area contributed by atoms with E-state index in [1.807, 2.05) is 30.5 Å². The van der Waals surface area contributed by atoms with E-state index in [2.05, 4.69) is 26.1 Å². The third-order valence-electron chi connectivity index (χ3n) is 4.84. The largest absolute Gasteiger partial charge is 0.497 e. The third kappa shape index (κ3) is 3.58. The number of likely N-dealkylation sites (tertiary alicyclic amines) is 1. The Hall–Kier alpha value is -2.60. The van der Waals surface area contributed by atoms with Crippen LogP contribution in [-0.4, -0.2) is 40.3 Å². The summed E-state index contributed by atoms with van der Waals surface area (Å²) in [5, 5.41) is 7.15. The number of ether oxygens (including phenoxy) is 1. The molecular formula is C19H22N4O2. The van der Waals surface area contributed by atoms with Crippen LogP contribution in [0.2, 0.25) is 0 Å². The van der Waals surface area contributed by atoms with Gasteiger partial charge in [0.25, 0.3) is 0 Å². The second-order valence-electron chi connectivity index (χ2n) is 6.41. The fourth-order valence-corrected chi connectivity index (χ4v) is 3.36. The normalized spacial score (nSPS) is 16.2. The van der Waals surface area contributed by atoms with Crippen molar-refractivity contribution in [2.45, 2.75) is 25.3 Å². The molecule has 1 saturated heterocycles.